The summed E-state index contributed by atoms with van der Waals surface area (Å²) in [5.41, 5.74) is 2.39. The number of aromatic nitrogens is 3. The Hall–Kier alpha value is -2.24. The standard InChI is InChI=1S/C14H22N6/c1-15-14(16-8-12-9-17-20(4)10-12)19(3)11-13-6-5-7-18(13)2/h5-7,9-10H,8,11H2,1-4H3,(H,15,16). The molecule has 0 amide bonds. The molecular weight excluding hydrogens is 252 g/mol. The molecule has 0 saturated carbocycles. The first-order chi connectivity index (χ1) is 9.60. The van der Waals surface area contributed by atoms with E-state index in [-0.39, 0.29) is 0 Å². The number of rotatable bonds is 4. The summed E-state index contributed by atoms with van der Waals surface area (Å²) in [6.07, 6.45) is 5.91. The zero-order chi connectivity index (χ0) is 14.5. The fourth-order valence-corrected chi connectivity index (χ4v) is 2.11. The minimum absolute atomic E-state index is 0.720. The highest BCUT2D eigenvalue weighted by Crippen LogP contribution is 2.04. The van der Waals surface area contributed by atoms with Gasteiger partial charge in [-0.1, -0.05) is 0 Å². The Morgan fingerprint density at radius 2 is 2.25 bits per heavy atom. The molecule has 2 rings (SSSR count). The van der Waals surface area contributed by atoms with Crippen LogP contribution in [0.2, 0.25) is 0 Å². The minimum Gasteiger partial charge on any atom is -0.353 e. The molecule has 0 spiro atoms. The quantitative estimate of drug-likeness (QED) is 0.667. The predicted octanol–water partition coefficient (Wildman–Crippen LogP) is 0.966. The van der Waals surface area contributed by atoms with Crippen molar-refractivity contribution in [1.29, 1.82) is 0 Å². The SMILES string of the molecule is CN=C(NCc1cnn(C)c1)N(C)Cc1cccn1C. The second-order valence-corrected chi connectivity index (χ2v) is 4.89. The first-order valence-corrected chi connectivity index (χ1v) is 6.59. The van der Waals surface area contributed by atoms with Gasteiger partial charge in [-0.15, -0.1) is 0 Å². The first-order valence-electron chi connectivity index (χ1n) is 6.59. The molecule has 20 heavy (non-hydrogen) atoms. The van der Waals surface area contributed by atoms with Gasteiger partial charge in [-0.25, -0.2) is 0 Å². The highest BCUT2D eigenvalue weighted by molar-refractivity contribution is 5.79. The fourth-order valence-electron chi connectivity index (χ4n) is 2.11. The average Bonchev–Trinajstić information content (AvgIpc) is 3.00. The van der Waals surface area contributed by atoms with Crippen LogP contribution in [0.25, 0.3) is 0 Å². The Morgan fingerprint density at radius 1 is 1.45 bits per heavy atom. The van der Waals surface area contributed by atoms with Gasteiger partial charge in [0.05, 0.1) is 12.7 Å². The molecule has 108 valence electrons. The van der Waals surface area contributed by atoms with Crippen molar-refractivity contribution in [3.8, 4) is 0 Å². The van der Waals surface area contributed by atoms with Gasteiger partial charge < -0.3 is 14.8 Å². The van der Waals surface area contributed by atoms with Gasteiger partial charge in [0.25, 0.3) is 0 Å². The van der Waals surface area contributed by atoms with E-state index in [4.69, 9.17) is 0 Å². The maximum absolute atomic E-state index is 4.32. The van der Waals surface area contributed by atoms with Gasteiger partial charge >= 0.3 is 0 Å². The van der Waals surface area contributed by atoms with Crippen molar-refractivity contribution in [2.75, 3.05) is 14.1 Å². The van der Waals surface area contributed by atoms with Crippen molar-refractivity contribution in [2.45, 2.75) is 13.1 Å². The van der Waals surface area contributed by atoms with Crippen LogP contribution < -0.4 is 5.32 Å². The Labute approximate surface area is 119 Å². The van der Waals surface area contributed by atoms with Crippen LogP contribution in [0.3, 0.4) is 0 Å². The summed E-state index contributed by atoms with van der Waals surface area (Å²) in [7, 11) is 7.80. The zero-order valence-electron chi connectivity index (χ0n) is 12.5. The maximum atomic E-state index is 4.32. The van der Waals surface area contributed by atoms with E-state index in [0.717, 1.165) is 24.6 Å². The highest BCUT2D eigenvalue weighted by Gasteiger charge is 2.08. The molecule has 0 aliphatic rings. The summed E-state index contributed by atoms with van der Waals surface area (Å²) < 4.78 is 3.92. The van der Waals surface area contributed by atoms with Crippen LogP contribution in [-0.2, 0) is 27.2 Å². The lowest BCUT2D eigenvalue weighted by molar-refractivity contribution is 0.461. The van der Waals surface area contributed by atoms with Gasteiger partial charge in [-0.2, -0.15) is 5.10 Å². The number of guanidine groups is 1. The molecule has 0 aliphatic carbocycles. The van der Waals surface area contributed by atoms with Gasteiger partial charge in [0.1, 0.15) is 0 Å². The Balaban J connectivity index is 1.93. The molecule has 0 fully saturated rings. The van der Waals surface area contributed by atoms with Crippen molar-refractivity contribution >= 4 is 5.96 Å². The van der Waals surface area contributed by atoms with Crippen molar-refractivity contribution in [3.05, 3.63) is 42.0 Å². The smallest absolute Gasteiger partial charge is 0.194 e. The molecule has 0 atom stereocenters. The molecule has 0 bridgehead atoms. The van der Waals surface area contributed by atoms with E-state index in [0.29, 0.717) is 0 Å². The van der Waals surface area contributed by atoms with Crippen LogP contribution >= 0.6 is 0 Å². The summed E-state index contributed by atoms with van der Waals surface area (Å²) in [5, 5.41) is 7.50. The second-order valence-electron chi connectivity index (χ2n) is 4.89. The number of aryl methyl sites for hydroxylation is 2. The summed E-state index contributed by atoms with van der Waals surface area (Å²) in [6, 6.07) is 4.17. The topological polar surface area (TPSA) is 50.4 Å². The molecule has 0 saturated heterocycles. The third-order valence-corrected chi connectivity index (χ3v) is 3.23. The lowest BCUT2D eigenvalue weighted by Gasteiger charge is -2.22. The van der Waals surface area contributed by atoms with Crippen molar-refractivity contribution in [1.82, 2.24) is 24.6 Å². The summed E-state index contributed by atoms with van der Waals surface area (Å²) in [5.74, 6) is 0.870. The lowest BCUT2D eigenvalue weighted by atomic mass is 10.3. The Kier molecular flexibility index (Phi) is 4.45. The molecule has 6 heteroatoms. The van der Waals surface area contributed by atoms with Crippen LogP contribution in [0, 0.1) is 0 Å². The molecule has 0 unspecified atom stereocenters. The molecule has 0 aromatic carbocycles. The van der Waals surface area contributed by atoms with Gasteiger partial charge in [0.2, 0.25) is 0 Å². The lowest BCUT2D eigenvalue weighted by Crippen LogP contribution is -2.38. The zero-order valence-corrected chi connectivity index (χ0v) is 12.5. The molecular formula is C14H22N6. The van der Waals surface area contributed by atoms with E-state index in [1.54, 1.807) is 11.7 Å². The largest absolute Gasteiger partial charge is 0.353 e. The third kappa shape index (κ3) is 3.40. The molecule has 2 aromatic heterocycles. The van der Waals surface area contributed by atoms with Gasteiger partial charge in [-0.3, -0.25) is 9.67 Å². The number of nitrogens with one attached hydrogen (secondary N) is 1. The van der Waals surface area contributed by atoms with Crippen LogP contribution in [0.1, 0.15) is 11.3 Å². The molecule has 2 heterocycles. The predicted molar refractivity (Wildman–Crippen MR) is 80.3 cm³/mol. The molecule has 2 aromatic rings. The van der Waals surface area contributed by atoms with Crippen LogP contribution in [0.4, 0.5) is 0 Å². The van der Waals surface area contributed by atoms with E-state index in [9.17, 15) is 0 Å². The van der Waals surface area contributed by atoms with E-state index >= 15 is 0 Å². The van der Waals surface area contributed by atoms with Gasteiger partial charge in [0, 0.05) is 58.4 Å². The van der Waals surface area contributed by atoms with Crippen molar-refractivity contribution in [2.24, 2.45) is 19.1 Å². The van der Waals surface area contributed by atoms with Crippen molar-refractivity contribution < 1.29 is 0 Å². The van der Waals surface area contributed by atoms with E-state index in [1.807, 2.05) is 26.5 Å². The molecule has 6 nitrogen and oxygen atoms in total. The fraction of sp³-hybridized carbons (Fsp3) is 0.429. The normalized spacial score (nSPS) is 11.7. The number of aliphatic imine (C=N–C) groups is 1. The van der Waals surface area contributed by atoms with Gasteiger partial charge in [-0.05, 0) is 12.1 Å². The molecule has 0 aliphatic heterocycles. The maximum Gasteiger partial charge on any atom is 0.194 e. The summed E-state index contributed by atoms with van der Waals surface area (Å²) >= 11 is 0. The van der Waals surface area contributed by atoms with Crippen LogP contribution in [-0.4, -0.2) is 39.3 Å². The Morgan fingerprint density at radius 3 is 2.80 bits per heavy atom. The summed E-state index contributed by atoms with van der Waals surface area (Å²) in [4.78, 5) is 6.42. The third-order valence-electron chi connectivity index (χ3n) is 3.23. The van der Waals surface area contributed by atoms with E-state index < -0.39 is 0 Å². The van der Waals surface area contributed by atoms with Crippen molar-refractivity contribution in [3.63, 3.8) is 0 Å². The second kappa shape index (κ2) is 6.27. The highest BCUT2D eigenvalue weighted by atomic mass is 15.3. The molecule has 0 radical (unpaired) electrons. The van der Waals surface area contributed by atoms with E-state index in [1.165, 1.54) is 5.69 Å². The minimum atomic E-state index is 0.720. The van der Waals surface area contributed by atoms with Gasteiger partial charge in [0.15, 0.2) is 5.96 Å². The van der Waals surface area contributed by atoms with Crippen LogP contribution in [0.15, 0.2) is 35.7 Å². The first kappa shape index (κ1) is 14.2. The van der Waals surface area contributed by atoms with E-state index in [2.05, 4.69) is 50.3 Å². The number of hydrogen-bond donors (Lipinski definition) is 1. The number of hydrogen-bond acceptors (Lipinski definition) is 2. The molecule has 1 N–H and O–H groups in total. The van der Waals surface area contributed by atoms with Crippen LogP contribution in [0.5, 0.6) is 0 Å². The Bertz CT molecular complexity index is 580. The monoisotopic (exact) mass is 274 g/mol. The average molecular weight is 274 g/mol. The number of nitrogens with zero attached hydrogens (tertiary/aromatic N) is 5. The summed E-state index contributed by atoms with van der Waals surface area (Å²) in [6.45, 7) is 1.54.